The van der Waals surface area contributed by atoms with E-state index in [1.54, 1.807) is 0 Å². The second-order valence-corrected chi connectivity index (χ2v) is 5.31. The van der Waals surface area contributed by atoms with Gasteiger partial charge in [-0.1, -0.05) is 13.0 Å². The highest BCUT2D eigenvalue weighted by molar-refractivity contribution is 7.80. The van der Waals surface area contributed by atoms with Crippen molar-refractivity contribution in [2.45, 2.75) is 31.0 Å². The quantitative estimate of drug-likeness (QED) is 0.738. The number of nitrogens with zero attached hydrogens (tertiary/aromatic N) is 1. The molecule has 0 saturated carbocycles. The van der Waals surface area contributed by atoms with Crippen molar-refractivity contribution in [3.05, 3.63) is 30.0 Å². The lowest BCUT2D eigenvalue weighted by atomic mass is 10.1. The topological polar surface area (TPSA) is 29.0 Å². The Hall–Kier alpha value is -0.970. The summed E-state index contributed by atoms with van der Waals surface area (Å²) in [5.41, 5.74) is 2.64. The minimum Gasteiger partial charge on any atom is -0.343 e. The van der Waals surface area contributed by atoms with Crippen molar-refractivity contribution >= 4 is 23.5 Å². The summed E-state index contributed by atoms with van der Waals surface area (Å²) in [6.07, 6.45) is 3.58. The lowest BCUT2D eigenvalue weighted by molar-refractivity contribution is 0.478. The second kappa shape index (κ2) is 4.96. The number of fused-ring (bicyclic) bond motifs is 1. The molecule has 2 aromatic rings. The maximum absolute atomic E-state index is 4.59. The van der Waals surface area contributed by atoms with Crippen LogP contribution in [-0.4, -0.2) is 23.8 Å². The Labute approximate surface area is 113 Å². The summed E-state index contributed by atoms with van der Waals surface area (Å²) in [5, 5.41) is 8.15. The largest absolute Gasteiger partial charge is 0.343 e. The number of rotatable bonds is 3. The fourth-order valence-corrected chi connectivity index (χ4v) is 2.91. The number of aryl methyl sites for hydroxylation is 1. The Bertz CT molecular complexity index is 555. The summed E-state index contributed by atoms with van der Waals surface area (Å²) >= 11 is 4.59. The first kappa shape index (κ1) is 12.1. The predicted molar refractivity (Wildman–Crippen MR) is 78.4 cm³/mol. The van der Waals surface area contributed by atoms with Gasteiger partial charge in [-0.05, 0) is 24.1 Å². The van der Waals surface area contributed by atoms with Gasteiger partial charge in [0.25, 0.3) is 0 Å². The van der Waals surface area contributed by atoms with Gasteiger partial charge in [0, 0.05) is 35.1 Å². The van der Waals surface area contributed by atoms with Gasteiger partial charge in [0.05, 0.1) is 12.7 Å². The fraction of sp³-hybridized carbons (Fsp3) is 0.429. The zero-order valence-electron chi connectivity index (χ0n) is 10.6. The molecule has 18 heavy (non-hydrogen) atoms. The van der Waals surface area contributed by atoms with Crippen molar-refractivity contribution in [2.75, 3.05) is 13.1 Å². The van der Waals surface area contributed by atoms with Crippen LogP contribution in [0.3, 0.4) is 0 Å². The van der Waals surface area contributed by atoms with Crippen LogP contribution in [0.1, 0.15) is 12.5 Å². The van der Waals surface area contributed by atoms with Gasteiger partial charge >= 0.3 is 0 Å². The van der Waals surface area contributed by atoms with Gasteiger partial charge in [0.15, 0.2) is 0 Å². The number of aromatic nitrogens is 1. The van der Waals surface area contributed by atoms with Crippen LogP contribution in [0.15, 0.2) is 29.3 Å². The first-order valence-corrected chi connectivity index (χ1v) is 7.00. The summed E-state index contributed by atoms with van der Waals surface area (Å²) in [5.74, 6) is 0. The van der Waals surface area contributed by atoms with Crippen LogP contribution in [-0.2, 0) is 13.0 Å². The summed E-state index contributed by atoms with van der Waals surface area (Å²) in [4.78, 5) is 1.07. The molecule has 0 aliphatic carbocycles. The molecule has 4 heteroatoms. The Kier molecular flexibility index (Phi) is 3.33. The third-order valence-electron chi connectivity index (χ3n) is 3.62. The van der Waals surface area contributed by atoms with E-state index in [-0.39, 0.29) is 0 Å². The molecule has 3 rings (SSSR count). The van der Waals surface area contributed by atoms with Gasteiger partial charge in [0.2, 0.25) is 0 Å². The normalized spacial score (nSPS) is 16.8. The Morgan fingerprint density at radius 1 is 1.33 bits per heavy atom. The summed E-state index contributed by atoms with van der Waals surface area (Å²) in [7, 11) is 0. The molecule has 3 nitrogen and oxygen atoms in total. The molecule has 1 saturated heterocycles. The van der Waals surface area contributed by atoms with Crippen molar-refractivity contribution in [2.24, 2.45) is 0 Å². The Morgan fingerprint density at radius 2 is 2.11 bits per heavy atom. The Balaban J connectivity index is 1.96. The van der Waals surface area contributed by atoms with Gasteiger partial charge in [-0.25, -0.2) is 0 Å². The fourth-order valence-electron chi connectivity index (χ4n) is 2.59. The van der Waals surface area contributed by atoms with E-state index in [9.17, 15) is 0 Å². The van der Waals surface area contributed by atoms with Crippen molar-refractivity contribution in [3.63, 3.8) is 0 Å². The Morgan fingerprint density at radius 3 is 2.83 bits per heavy atom. The highest BCUT2D eigenvalue weighted by Gasteiger charge is 2.15. The number of benzene rings is 1. The van der Waals surface area contributed by atoms with Crippen molar-refractivity contribution < 1.29 is 0 Å². The van der Waals surface area contributed by atoms with Crippen LogP contribution >= 0.6 is 12.6 Å². The van der Waals surface area contributed by atoms with Gasteiger partial charge in [-0.3, -0.25) is 10.6 Å². The van der Waals surface area contributed by atoms with E-state index >= 15 is 0 Å². The van der Waals surface area contributed by atoms with Crippen LogP contribution in [0, 0.1) is 0 Å². The summed E-state index contributed by atoms with van der Waals surface area (Å²) in [6, 6.07) is 6.67. The molecular weight excluding hydrogens is 242 g/mol. The molecule has 0 spiro atoms. The van der Waals surface area contributed by atoms with E-state index in [4.69, 9.17) is 0 Å². The smallest absolute Gasteiger partial charge is 0.0757 e. The maximum Gasteiger partial charge on any atom is 0.0757 e. The average molecular weight is 261 g/mol. The van der Waals surface area contributed by atoms with Gasteiger partial charge in [-0.2, -0.15) is 0 Å². The van der Waals surface area contributed by atoms with Gasteiger partial charge in [-0.15, -0.1) is 12.6 Å². The number of thiol groups is 1. The molecule has 0 bridgehead atoms. The summed E-state index contributed by atoms with van der Waals surface area (Å²) < 4.78 is 2.28. The standard InChI is InChI=1S/C14H19N3S/c1-2-10-3-4-12-11(7-10)13(18)8-17(12)9-14-15-5-6-16-14/h3-4,7-8,14-16,18H,2,5-6,9H2,1H3. The molecule has 0 amide bonds. The van der Waals surface area contributed by atoms with E-state index in [1.165, 1.54) is 16.5 Å². The molecule has 2 heterocycles. The highest BCUT2D eigenvalue weighted by atomic mass is 32.1. The zero-order chi connectivity index (χ0) is 12.5. The van der Waals surface area contributed by atoms with Crippen LogP contribution in [0.4, 0.5) is 0 Å². The van der Waals surface area contributed by atoms with Crippen LogP contribution < -0.4 is 10.6 Å². The van der Waals surface area contributed by atoms with Crippen molar-refractivity contribution in [1.29, 1.82) is 0 Å². The molecule has 2 N–H and O–H groups in total. The molecule has 1 aromatic carbocycles. The third-order valence-corrected chi connectivity index (χ3v) is 3.97. The second-order valence-electron chi connectivity index (χ2n) is 4.83. The van der Waals surface area contributed by atoms with Gasteiger partial charge in [0.1, 0.15) is 0 Å². The molecule has 1 fully saturated rings. The highest BCUT2D eigenvalue weighted by Crippen LogP contribution is 2.26. The maximum atomic E-state index is 4.59. The molecule has 1 aliphatic rings. The zero-order valence-corrected chi connectivity index (χ0v) is 11.5. The lowest BCUT2D eigenvalue weighted by Crippen LogP contribution is -2.35. The molecular formula is C14H19N3S. The molecule has 96 valence electrons. The molecule has 0 atom stereocenters. The first-order valence-electron chi connectivity index (χ1n) is 6.55. The van der Waals surface area contributed by atoms with Crippen molar-refractivity contribution in [1.82, 2.24) is 15.2 Å². The van der Waals surface area contributed by atoms with E-state index in [0.717, 1.165) is 31.0 Å². The van der Waals surface area contributed by atoms with E-state index in [1.807, 2.05) is 0 Å². The van der Waals surface area contributed by atoms with Crippen LogP contribution in [0.25, 0.3) is 10.9 Å². The van der Waals surface area contributed by atoms with Crippen molar-refractivity contribution in [3.8, 4) is 0 Å². The first-order chi connectivity index (χ1) is 8.78. The van der Waals surface area contributed by atoms with Crippen LogP contribution in [0.5, 0.6) is 0 Å². The lowest BCUT2D eigenvalue weighted by Gasteiger charge is -2.13. The molecule has 0 radical (unpaired) electrons. The van der Waals surface area contributed by atoms with E-state index < -0.39 is 0 Å². The number of hydrogen-bond donors (Lipinski definition) is 3. The number of nitrogens with one attached hydrogen (secondary N) is 2. The van der Waals surface area contributed by atoms with E-state index in [2.05, 4.69) is 59.1 Å². The minimum atomic E-state index is 0.374. The van der Waals surface area contributed by atoms with Gasteiger partial charge < -0.3 is 4.57 Å². The molecule has 0 unspecified atom stereocenters. The van der Waals surface area contributed by atoms with E-state index in [0.29, 0.717) is 6.17 Å². The molecule has 1 aliphatic heterocycles. The SMILES string of the molecule is CCc1ccc2c(c1)c(S)cn2CC1NCCN1. The minimum absolute atomic E-state index is 0.374. The monoisotopic (exact) mass is 261 g/mol. The molecule has 1 aromatic heterocycles. The average Bonchev–Trinajstić information content (AvgIpc) is 2.99. The predicted octanol–water partition coefficient (Wildman–Crippen LogP) is 2.01. The third kappa shape index (κ3) is 2.16. The van der Waals surface area contributed by atoms with Crippen LogP contribution in [0.2, 0.25) is 0 Å². The summed E-state index contributed by atoms with van der Waals surface area (Å²) in [6.45, 7) is 5.24. The number of hydrogen-bond acceptors (Lipinski definition) is 3.